The van der Waals surface area contributed by atoms with Crippen LogP contribution < -0.4 is 5.73 Å². The summed E-state index contributed by atoms with van der Waals surface area (Å²) in [6.45, 7) is 5.07. The van der Waals surface area contributed by atoms with Gasteiger partial charge in [0, 0.05) is 16.1 Å². The van der Waals surface area contributed by atoms with Crippen molar-refractivity contribution in [2.24, 2.45) is 11.7 Å². The van der Waals surface area contributed by atoms with Crippen molar-refractivity contribution < 1.29 is 4.79 Å². The number of aromatic nitrogens is 4. The Morgan fingerprint density at radius 2 is 2.11 bits per heavy atom. The third-order valence-electron chi connectivity index (χ3n) is 7.47. The molecule has 3 heterocycles. The average Bonchev–Trinajstić information content (AvgIpc) is 3.48. The minimum atomic E-state index is -0.284. The Hall–Kier alpha value is -2.70. The van der Waals surface area contributed by atoms with Crippen LogP contribution in [0.2, 0.25) is 10.0 Å². The van der Waals surface area contributed by atoms with Gasteiger partial charge in [-0.05, 0) is 68.3 Å². The first kappa shape index (κ1) is 27.3. The summed E-state index contributed by atoms with van der Waals surface area (Å²) in [5.74, 6) is 0.0936. The molecule has 2 N–H and O–H groups in total. The van der Waals surface area contributed by atoms with Gasteiger partial charge in [0.25, 0.3) is 0 Å². The molecule has 11 heteroatoms. The number of fused-ring (bicyclic) bond motifs is 1. The Morgan fingerprint density at radius 3 is 2.78 bits per heavy atom. The number of carbonyl (C=O) groups excluding carboxylic acids is 1. The van der Waals surface area contributed by atoms with Gasteiger partial charge in [-0.2, -0.15) is 10.4 Å². The van der Waals surface area contributed by atoms with Gasteiger partial charge in [0.2, 0.25) is 5.91 Å². The topological polar surface area (TPSA) is 114 Å². The number of amides is 1. The van der Waals surface area contributed by atoms with E-state index in [1.165, 1.54) is 0 Å². The first-order valence-corrected chi connectivity index (χ1v) is 12.9. The lowest BCUT2D eigenvalue weighted by Crippen LogP contribution is -2.48. The van der Waals surface area contributed by atoms with Gasteiger partial charge in [0.05, 0.1) is 24.0 Å². The highest BCUT2D eigenvalue weighted by molar-refractivity contribution is 6.35. The molecular formula is C26H28Cl3N7O. The lowest BCUT2D eigenvalue weighted by atomic mass is 9.83. The molecule has 1 aliphatic heterocycles. The molecule has 0 bridgehead atoms. The van der Waals surface area contributed by atoms with Crippen molar-refractivity contribution in [1.29, 1.82) is 5.26 Å². The molecule has 1 fully saturated rings. The maximum absolute atomic E-state index is 11.9. The monoisotopic (exact) mass is 559 g/mol. The zero-order chi connectivity index (χ0) is 25.6. The van der Waals surface area contributed by atoms with E-state index in [9.17, 15) is 10.1 Å². The number of primary amides is 1. The van der Waals surface area contributed by atoms with Crippen LogP contribution in [-0.4, -0.2) is 49.2 Å². The van der Waals surface area contributed by atoms with Gasteiger partial charge < -0.3 is 5.73 Å². The van der Waals surface area contributed by atoms with Crippen molar-refractivity contribution in [3.8, 4) is 6.07 Å². The lowest BCUT2D eigenvalue weighted by Gasteiger charge is -2.38. The molecule has 0 radical (unpaired) electrons. The van der Waals surface area contributed by atoms with Crippen molar-refractivity contribution >= 4 is 58.3 Å². The highest BCUT2D eigenvalue weighted by Crippen LogP contribution is 2.37. The van der Waals surface area contributed by atoms with Crippen molar-refractivity contribution in [1.82, 2.24) is 24.6 Å². The lowest BCUT2D eigenvalue weighted by molar-refractivity contribution is -0.123. The summed E-state index contributed by atoms with van der Waals surface area (Å²) in [6, 6.07) is 7.27. The molecule has 5 rings (SSSR count). The molecule has 194 valence electrons. The Labute approximate surface area is 231 Å². The predicted molar refractivity (Wildman–Crippen MR) is 147 cm³/mol. The van der Waals surface area contributed by atoms with E-state index in [4.69, 9.17) is 33.9 Å². The fraction of sp³-hybridized carbons (Fsp3) is 0.423. The maximum Gasteiger partial charge on any atom is 0.234 e. The number of carbonyl (C=O) groups is 1. The van der Waals surface area contributed by atoms with Gasteiger partial charge in [-0.3, -0.25) is 9.69 Å². The van der Waals surface area contributed by atoms with Crippen LogP contribution in [0.5, 0.6) is 0 Å². The summed E-state index contributed by atoms with van der Waals surface area (Å²) in [5.41, 5.74) is 9.57. The highest BCUT2D eigenvalue weighted by atomic mass is 35.5. The molecule has 2 aromatic heterocycles. The van der Waals surface area contributed by atoms with Gasteiger partial charge in [-0.15, -0.1) is 12.4 Å². The second-order valence-electron chi connectivity index (χ2n) is 9.69. The van der Waals surface area contributed by atoms with Crippen molar-refractivity contribution in [2.45, 2.75) is 57.7 Å². The first-order chi connectivity index (χ1) is 17.3. The van der Waals surface area contributed by atoms with Crippen LogP contribution in [0.4, 0.5) is 0 Å². The summed E-state index contributed by atoms with van der Waals surface area (Å²) < 4.78 is 1.71. The Morgan fingerprint density at radius 1 is 1.32 bits per heavy atom. The molecule has 4 atom stereocenters. The Kier molecular flexibility index (Phi) is 8.10. The number of hydrogen-bond donors (Lipinski definition) is 1. The van der Waals surface area contributed by atoms with E-state index in [1.807, 2.05) is 13.0 Å². The summed E-state index contributed by atoms with van der Waals surface area (Å²) >= 11 is 12.5. The minimum absolute atomic E-state index is 0. The predicted octanol–water partition coefficient (Wildman–Crippen LogP) is 5.17. The second-order valence-corrected chi connectivity index (χ2v) is 10.5. The molecular weight excluding hydrogens is 533 g/mol. The van der Waals surface area contributed by atoms with Crippen LogP contribution in [0, 0.1) is 17.2 Å². The van der Waals surface area contributed by atoms with Gasteiger partial charge >= 0.3 is 0 Å². The average molecular weight is 561 g/mol. The van der Waals surface area contributed by atoms with E-state index < -0.39 is 0 Å². The van der Waals surface area contributed by atoms with Crippen molar-refractivity contribution in [3.63, 3.8) is 0 Å². The number of rotatable bonds is 5. The summed E-state index contributed by atoms with van der Waals surface area (Å²) in [5, 5.41) is 15.2. The van der Waals surface area contributed by atoms with Crippen LogP contribution in [-0.2, 0) is 4.79 Å². The Bertz CT molecular complexity index is 1410. The molecule has 1 aliphatic carbocycles. The molecule has 2 aliphatic rings. The molecule has 0 spiro atoms. The molecule has 1 aromatic carbocycles. The van der Waals surface area contributed by atoms with Crippen LogP contribution >= 0.6 is 35.6 Å². The van der Waals surface area contributed by atoms with E-state index >= 15 is 0 Å². The third-order valence-corrected chi connectivity index (χ3v) is 8.03. The minimum Gasteiger partial charge on any atom is -0.368 e. The first-order valence-electron chi connectivity index (χ1n) is 12.1. The van der Waals surface area contributed by atoms with E-state index in [1.54, 1.807) is 23.0 Å². The Balaban J connectivity index is 0.00000320. The van der Waals surface area contributed by atoms with E-state index in [0.29, 0.717) is 27.1 Å². The van der Waals surface area contributed by atoms with Gasteiger partial charge in [-0.25, -0.2) is 14.6 Å². The fourth-order valence-electron chi connectivity index (χ4n) is 5.61. The summed E-state index contributed by atoms with van der Waals surface area (Å²) in [7, 11) is 0. The number of likely N-dealkylation sites (tertiary alicyclic amines) is 1. The van der Waals surface area contributed by atoms with Crippen LogP contribution in [0.15, 0.2) is 30.5 Å². The second kappa shape index (κ2) is 11.0. The van der Waals surface area contributed by atoms with E-state index in [-0.39, 0.29) is 42.1 Å². The number of hydrogen-bond acceptors (Lipinski definition) is 6. The normalized spacial score (nSPS) is 22.8. The summed E-state index contributed by atoms with van der Waals surface area (Å²) in [6.07, 6.45) is 7.37. The van der Waals surface area contributed by atoms with Gasteiger partial charge in [-0.1, -0.05) is 42.3 Å². The van der Waals surface area contributed by atoms with Crippen LogP contribution in [0.3, 0.4) is 0 Å². The number of nitrogens with zero attached hydrogens (tertiary/aromatic N) is 6. The van der Waals surface area contributed by atoms with Gasteiger partial charge in [0.15, 0.2) is 11.3 Å². The molecule has 1 amide bonds. The summed E-state index contributed by atoms with van der Waals surface area (Å²) in [4.78, 5) is 23.7. The number of allylic oxidation sites excluding steroid dienone is 1. The molecule has 0 saturated carbocycles. The van der Waals surface area contributed by atoms with Crippen molar-refractivity contribution in [3.05, 3.63) is 57.5 Å². The standard InChI is InChI=1S/C26H27Cl2N7O.ClH/c1-14-10-16(5-8-22(14)34-9-3-4-23(34)25(30)36)21-13-31-24-20(12-29)33-35(26(24)32-21)15(2)18-7-6-17(27)11-19(18)28;/h5-7,11,13-15,22-23H,3-4,8-10H2,1-2H3,(H2,30,36);1H/t14-,15+,22+,23-;/m0./s1. The zero-order valence-electron chi connectivity index (χ0n) is 20.6. The third kappa shape index (κ3) is 5.06. The smallest absolute Gasteiger partial charge is 0.234 e. The maximum atomic E-state index is 11.9. The molecule has 37 heavy (non-hydrogen) atoms. The molecule has 0 unspecified atom stereocenters. The highest BCUT2D eigenvalue weighted by Gasteiger charge is 2.37. The van der Waals surface area contributed by atoms with Crippen molar-refractivity contribution in [2.75, 3.05) is 6.54 Å². The molecule has 3 aromatic rings. The zero-order valence-corrected chi connectivity index (χ0v) is 22.9. The largest absolute Gasteiger partial charge is 0.368 e. The quantitative estimate of drug-likeness (QED) is 0.461. The number of halogens is 3. The van der Waals surface area contributed by atoms with Crippen LogP contribution in [0.1, 0.15) is 62.5 Å². The van der Waals surface area contributed by atoms with E-state index in [2.05, 4.69) is 34.1 Å². The molecule has 8 nitrogen and oxygen atoms in total. The number of nitriles is 1. The molecule has 1 saturated heterocycles. The SMILES string of the molecule is C[C@H](c1ccc(Cl)cc1Cl)n1nc(C#N)c2ncc(C3=CC[C@@H](N4CCC[C@H]4C(N)=O)[C@@H](C)C3)nc21.Cl. The number of benzene rings is 1. The van der Waals surface area contributed by atoms with Gasteiger partial charge in [0.1, 0.15) is 11.6 Å². The fourth-order valence-corrected chi connectivity index (χ4v) is 6.17. The van der Waals surface area contributed by atoms with E-state index in [0.717, 1.165) is 49.1 Å². The number of nitrogens with two attached hydrogens (primary N) is 1. The van der Waals surface area contributed by atoms with Crippen LogP contribution in [0.25, 0.3) is 16.7 Å².